The lowest BCUT2D eigenvalue weighted by atomic mass is 9.73. The summed E-state index contributed by atoms with van der Waals surface area (Å²) in [6.07, 6.45) is 5.38. The van der Waals surface area contributed by atoms with Crippen LogP contribution in [0.1, 0.15) is 52.9 Å². The number of hydrogen-bond acceptors (Lipinski definition) is 7. The quantitative estimate of drug-likeness (QED) is 0.584. The lowest BCUT2D eigenvalue weighted by Gasteiger charge is -2.54. The number of amides is 2. The van der Waals surface area contributed by atoms with E-state index in [1.54, 1.807) is 6.92 Å². The average Bonchev–Trinajstić information content (AvgIpc) is 3.36. The van der Waals surface area contributed by atoms with E-state index in [-0.39, 0.29) is 42.3 Å². The highest BCUT2D eigenvalue weighted by Crippen LogP contribution is 2.41. The van der Waals surface area contributed by atoms with E-state index in [4.69, 9.17) is 4.84 Å². The number of carbonyl (C=O) groups is 2. The van der Waals surface area contributed by atoms with Crippen molar-refractivity contribution in [3.8, 4) is 0 Å². The highest BCUT2D eigenvalue weighted by atomic mass is 16.7. The van der Waals surface area contributed by atoms with Gasteiger partial charge in [0.2, 0.25) is 11.8 Å². The van der Waals surface area contributed by atoms with Crippen molar-refractivity contribution < 1.29 is 14.4 Å². The van der Waals surface area contributed by atoms with Crippen molar-refractivity contribution in [2.24, 2.45) is 17.8 Å². The van der Waals surface area contributed by atoms with Crippen molar-refractivity contribution in [2.75, 3.05) is 26.2 Å². The van der Waals surface area contributed by atoms with Gasteiger partial charge >= 0.3 is 0 Å². The van der Waals surface area contributed by atoms with Crippen LogP contribution in [0.5, 0.6) is 0 Å². The molecule has 2 saturated carbocycles. The van der Waals surface area contributed by atoms with Crippen LogP contribution in [0.4, 0.5) is 0 Å². The standard InChI is InChI=1S/C22H38N6O3/c1-13-10-27(22(30)16-4-5-16)20-8-17(6-7-19(20)28(13)15(3)29)18-9-23-26(11-18)12-21-24-14(2)31-25-21/h13-14,16-21,23-25H,4-12H2,1-3H3/t13-,14?,17?,18?,19?,20?,21?/m0/s1. The molecule has 3 heterocycles. The van der Waals surface area contributed by atoms with E-state index in [1.807, 2.05) is 6.92 Å². The minimum Gasteiger partial charge on any atom is -0.335 e. The second-order valence-corrected chi connectivity index (χ2v) is 10.4. The van der Waals surface area contributed by atoms with Crippen LogP contribution in [-0.4, -0.2) is 83.3 Å². The molecule has 5 rings (SSSR count). The minimum absolute atomic E-state index is 0.0339. The lowest BCUT2D eigenvalue weighted by Crippen LogP contribution is -2.67. The first-order valence-electron chi connectivity index (χ1n) is 12.2. The van der Waals surface area contributed by atoms with Crippen molar-refractivity contribution in [1.82, 2.24) is 31.0 Å². The molecule has 0 radical (unpaired) electrons. The highest BCUT2D eigenvalue weighted by Gasteiger charge is 2.49. The van der Waals surface area contributed by atoms with Gasteiger partial charge in [0, 0.05) is 45.1 Å². The molecule has 174 valence electrons. The fraction of sp³-hybridized carbons (Fsp3) is 0.909. The van der Waals surface area contributed by atoms with E-state index in [0.717, 1.165) is 51.7 Å². The number of hydrogen-bond donors (Lipinski definition) is 3. The maximum atomic E-state index is 13.1. The number of nitrogens with one attached hydrogen (secondary N) is 3. The van der Waals surface area contributed by atoms with Crippen molar-refractivity contribution in [3.63, 3.8) is 0 Å². The van der Waals surface area contributed by atoms with Gasteiger partial charge in [-0.2, -0.15) is 5.48 Å². The van der Waals surface area contributed by atoms with Gasteiger partial charge in [-0.1, -0.05) is 0 Å². The van der Waals surface area contributed by atoms with Gasteiger partial charge in [0.25, 0.3) is 0 Å². The molecule has 9 heteroatoms. The van der Waals surface area contributed by atoms with Gasteiger partial charge < -0.3 is 9.80 Å². The first kappa shape index (κ1) is 21.6. The van der Waals surface area contributed by atoms with Crippen LogP contribution in [0, 0.1) is 17.8 Å². The Kier molecular flexibility index (Phi) is 5.98. The maximum Gasteiger partial charge on any atom is 0.226 e. The monoisotopic (exact) mass is 434 g/mol. The van der Waals surface area contributed by atoms with Gasteiger partial charge in [-0.15, -0.1) is 0 Å². The molecule has 0 aromatic rings. The second-order valence-electron chi connectivity index (χ2n) is 10.4. The molecule has 5 aliphatic rings. The zero-order chi connectivity index (χ0) is 21.7. The molecule has 0 aromatic heterocycles. The Morgan fingerprint density at radius 1 is 1.03 bits per heavy atom. The molecule has 9 nitrogen and oxygen atoms in total. The summed E-state index contributed by atoms with van der Waals surface area (Å²) in [6, 6.07) is 0.460. The normalized spacial score (nSPS) is 41.5. The number of rotatable bonds is 4. The summed E-state index contributed by atoms with van der Waals surface area (Å²) in [5, 5.41) is 5.66. The lowest BCUT2D eigenvalue weighted by molar-refractivity contribution is -0.155. The Bertz CT molecular complexity index is 703. The van der Waals surface area contributed by atoms with Gasteiger partial charge in [-0.05, 0) is 57.8 Å². The first-order chi connectivity index (χ1) is 14.9. The van der Waals surface area contributed by atoms with Crippen LogP contribution < -0.4 is 16.2 Å². The summed E-state index contributed by atoms with van der Waals surface area (Å²) < 4.78 is 0. The third-order valence-electron chi connectivity index (χ3n) is 8.01. The van der Waals surface area contributed by atoms with E-state index in [2.05, 4.69) is 38.0 Å². The van der Waals surface area contributed by atoms with Gasteiger partial charge in [0.1, 0.15) is 6.23 Å². The number of hydroxylamine groups is 1. The zero-order valence-corrected chi connectivity index (χ0v) is 19.0. The molecular weight excluding hydrogens is 396 g/mol. The van der Waals surface area contributed by atoms with Gasteiger partial charge in [-0.25, -0.2) is 5.01 Å². The van der Waals surface area contributed by atoms with E-state index in [0.29, 0.717) is 24.3 Å². The molecule has 2 amide bonds. The van der Waals surface area contributed by atoms with Crippen molar-refractivity contribution in [3.05, 3.63) is 0 Å². The largest absolute Gasteiger partial charge is 0.335 e. The van der Waals surface area contributed by atoms with E-state index >= 15 is 0 Å². The van der Waals surface area contributed by atoms with Crippen LogP contribution >= 0.6 is 0 Å². The second kappa shape index (κ2) is 8.59. The molecule has 3 saturated heterocycles. The summed E-state index contributed by atoms with van der Waals surface area (Å²) >= 11 is 0. The molecule has 5 fully saturated rings. The van der Waals surface area contributed by atoms with Crippen LogP contribution in [0.2, 0.25) is 0 Å². The first-order valence-corrected chi connectivity index (χ1v) is 12.2. The number of nitrogens with zero attached hydrogens (tertiary/aromatic N) is 3. The summed E-state index contributed by atoms with van der Waals surface area (Å²) in [5.41, 5.74) is 6.61. The zero-order valence-electron chi connectivity index (χ0n) is 19.0. The van der Waals surface area contributed by atoms with Crippen LogP contribution in [0.25, 0.3) is 0 Å². The highest BCUT2D eigenvalue weighted by molar-refractivity contribution is 5.82. The molecule has 2 aliphatic carbocycles. The molecule has 0 bridgehead atoms. The Morgan fingerprint density at radius 3 is 2.52 bits per heavy atom. The van der Waals surface area contributed by atoms with Gasteiger partial charge in [-0.3, -0.25) is 25.2 Å². The van der Waals surface area contributed by atoms with Crippen molar-refractivity contribution in [2.45, 2.75) is 83.4 Å². The number of piperazine rings is 1. The summed E-state index contributed by atoms with van der Waals surface area (Å²) in [4.78, 5) is 35.2. The third-order valence-corrected chi connectivity index (χ3v) is 8.01. The Hall–Kier alpha value is -1.26. The summed E-state index contributed by atoms with van der Waals surface area (Å²) in [6.45, 7) is 9.32. The molecule has 31 heavy (non-hydrogen) atoms. The van der Waals surface area contributed by atoms with Gasteiger partial charge in [0.05, 0.1) is 18.2 Å². The van der Waals surface area contributed by atoms with Crippen molar-refractivity contribution >= 4 is 11.8 Å². The van der Waals surface area contributed by atoms with Crippen LogP contribution in [0.3, 0.4) is 0 Å². The Balaban J connectivity index is 1.24. The Labute approximate surface area is 185 Å². The van der Waals surface area contributed by atoms with E-state index in [9.17, 15) is 9.59 Å². The fourth-order valence-electron chi connectivity index (χ4n) is 6.41. The minimum atomic E-state index is 0.0339. The summed E-state index contributed by atoms with van der Waals surface area (Å²) in [5.74, 6) is 1.88. The molecule has 6 unspecified atom stereocenters. The van der Waals surface area contributed by atoms with Crippen molar-refractivity contribution in [1.29, 1.82) is 0 Å². The number of hydrazine groups is 1. The summed E-state index contributed by atoms with van der Waals surface area (Å²) in [7, 11) is 0. The fourth-order valence-corrected chi connectivity index (χ4v) is 6.41. The molecule has 3 aliphatic heterocycles. The molecule has 0 spiro atoms. The molecular formula is C22H38N6O3. The van der Waals surface area contributed by atoms with Crippen LogP contribution in [-0.2, 0) is 14.4 Å². The maximum absolute atomic E-state index is 13.1. The molecule has 3 N–H and O–H groups in total. The predicted molar refractivity (Wildman–Crippen MR) is 115 cm³/mol. The van der Waals surface area contributed by atoms with E-state index < -0.39 is 0 Å². The topological polar surface area (TPSA) is 89.2 Å². The van der Waals surface area contributed by atoms with E-state index in [1.165, 1.54) is 0 Å². The van der Waals surface area contributed by atoms with Crippen LogP contribution in [0.15, 0.2) is 0 Å². The number of fused-ring (bicyclic) bond motifs is 1. The predicted octanol–water partition coefficient (Wildman–Crippen LogP) is 0.246. The third kappa shape index (κ3) is 4.35. The smallest absolute Gasteiger partial charge is 0.226 e. The number of carbonyl (C=O) groups excluding carboxylic acids is 2. The van der Waals surface area contributed by atoms with Gasteiger partial charge in [0.15, 0.2) is 0 Å². The molecule has 0 aromatic carbocycles. The average molecular weight is 435 g/mol. The Morgan fingerprint density at radius 2 is 1.84 bits per heavy atom. The SMILES string of the molecule is CC(=O)N1C2CCC(C3CNN(CC4NOC(C)N4)C3)CC2N(C(=O)C2CC2)C[C@@H]1C. The molecule has 7 atom stereocenters.